The molecule has 0 fully saturated rings. The average molecular weight is 280 g/mol. The maximum absolute atomic E-state index is 9.44. The maximum Gasteiger partial charge on any atom is 0.143 e. The smallest absolute Gasteiger partial charge is 0.143 e. The van der Waals surface area contributed by atoms with E-state index in [1.165, 1.54) is 11.8 Å². The number of anilines is 1. The van der Waals surface area contributed by atoms with E-state index >= 15 is 0 Å². The minimum Gasteiger partial charge on any atom is -0.383 e. The van der Waals surface area contributed by atoms with E-state index < -0.39 is 0 Å². The van der Waals surface area contributed by atoms with E-state index in [0.29, 0.717) is 16.2 Å². The SMILES string of the molecule is CCSc1nc(N)c(C#N)c(-c2ccccc2)c1C#N. The highest BCUT2D eigenvalue weighted by Crippen LogP contribution is 2.35. The molecule has 0 saturated carbocycles. The molecule has 1 aromatic carbocycles. The molecule has 4 nitrogen and oxygen atoms in total. The summed E-state index contributed by atoms with van der Waals surface area (Å²) in [6.07, 6.45) is 0. The number of hydrogen-bond donors (Lipinski definition) is 1. The van der Waals surface area contributed by atoms with Gasteiger partial charge in [-0.2, -0.15) is 10.5 Å². The summed E-state index contributed by atoms with van der Waals surface area (Å²) in [7, 11) is 0. The number of nitrogens with zero attached hydrogens (tertiary/aromatic N) is 3. The van der Waals surface area contributed by atoms with E-state index in [1.54, 1.807) is 0 Å². The van der Waals surface area contributed by atoms with Gasteiger partial charge in [-0.1, -0.05) is 37.3 Å². The van der Waals surface area contributed by atoms with Crippen LogP contribution in [0, 0.1) is 22.7 Å². The van der Waals surface area contributed by atoms with Crippen molar-refractivity contribution in [3.8, 4) is 23.3 Å². The third-order valence-corrected chi connectivity index (χ3v) is 3.62. The first-order chi connectivity index (χ1) is 9.72. The molecule has 1 heterocycles. The van der Waals surface area contributed by atoms with Crippen LogP contribution in [-0.4, -0.2) is 10.7 Å². The summed E-state index contributed by atoms with van der Waals surface area (Å²) in [5.41, 5.74) is 7.90. The number of pyridine rings is 1. The van der Waals surface area contributed by atoms with E-state index in [1.807, 2.05) is 37.3 Å². The molecule has 0 atom stereocenters. The molecule has 0 saturated heterocycles. The largest absolute Gasteiger partial charge is 0.383 e. The molecule has 0 amide bonds. The Morgan fingerprint density at radius 2 is 1.80 bits per heavy atom. The van der Waals surface area contributed by atoms with Crippen LogP contribution in [-0.2, 0) is 0 Å². The van der Waals surface area contributed by atoms with Gasteiger partial charge in [0.2, 0.25) is 0 Å². The van der Waals surface area contributed by atoms with Gasteiger partial charge in [0.1, 0.15) is 28.5 Å². The van der Waals surface area contributed by atoms with Gasteiger partial charge in [-0.3, -0.25) is 0 Å². The number of nitrogen functional groups attached to an aromatic ring is 1. The molecular formula is C15H12N4S. The molecule has 2 rings (SSSR count). The number of hydrogen-bond acceptors (Lipinski definition) is 5. The standard InChI is InChI=1S/C15H12N4S/c1-2-20-15-12(9-17)13(10-6-4-3-5-7-10)11(8-16)14(18)19-15/h3-7H,2H2,1H3,(H2,18,19). The Hall–Kier alpha value is -2.50. The molecule has 0 spiro atoms. The molecule has 0 aliphatic rings. The topological polar surface area (TPSA) is 86.5 Å². The van der Waals surface area contributed by atoms with Gasteiger partial charge in [0.25, 0.3) is 0 Å². The Morgan fingerprint density at radius 1 is 1.15 bits per heavy atom. The number of nitrogens with two attached hydrogens (primary N) is 1. The molecule has 0 unspecified atom stereocenters. The van der Waals surface area contributed by atoms with Crippen molar-refractivity contribution in [1.82, 2.24) is 4.98 Å². The van der Waals surface area contributed by atoms with Gasteiger partial charge in [-0.05, 0) is 11.3 Å². The first-order valence-electron chi connectivity index (χ1n) is 6.04. The van der Waals surface area contributed by atoms with Crippen LogP contribution in [0.2, 0.25) is 0 Å². The Balaban J connectivity index is 2.83. The first-order valence-corrected chi connectivity index (χ1v) is 7.03. The van der Waals surface area contributed by atoms with Crippen LogP contribution in [0.1, 0.15) is 18.1 Å². The monoisotopic (exact) mass is 280 g/mol. The second-order valence-corrected chi connectivity index (χ2v) is 5.20. The van der Waals surface area contributed by atoms with Crippen LogP contribution in [0.25, 0.3) is 11.1 Å². The third kappa shape index (κ3) is 2.45. The van der Waals surface area contributed by atoms with Crippen LogP contribution in [0.5, 0.6) is 0 Å². The fraction of sp³-hybridized carbons (Fsp3) is 0.133. The van der Waals surface area contributed by atoms with Crippen molar-refractivity contribution in [2.24, 2.45) is 0 Å². The van der Waals surface area contributed by atoms with Gasteiger partial charge in [0.05, 0.1) is 5.56 Å². The average Bonchev–Trinajstić information content (AvgIpc) is 2.48. The maximum atomic E-state index is 9.44. The molecular weight excluding hydrogens is 268 g/mol. The van der Waals surface area contributed by atoms with Gasteiger partial charge < -0.3 is 5.73 Å². The van der Waals surface area contributed by atoms with Gasteiger partial charge >= 0.3 is 0 Å². The zero-order chi connectivity index (χ0) is 14.5. The lowest BCUT2D eigenvalue weighted by Gasteiger charge is -2.12. The summed E-state index contributed by atoms with van der Waals surface area (Å²) in [5.74, 6) is 0.947. The lowest BCUT2D eigenvalue weighted by Crippen LogP contribution is -2.03. The Morgan fingerprint density at radius 3 is 2.35 bits per heavy atom. The molecule has 20 heavy (non-hydrogen) atoms. The van der Waals surface area contributed by atoms with Crippen molar-refractivity contribution in [3.63, 3.8) is 0 Å². The zero-order valence-electron chi connectivity index (χ0n) is 10.9. The Kier molecular flexibility index (Phi) is 4.24. The van der Waals surface area contributed by atoms with Crippen molar-refractivity contribution in [2.45, 2.75) is 11.9 Å². The molecule has 2 N–H and O–H groups in total. The van der Waals surface area contributed by atoms with Crippen molar-refractivity contribution in [3.05, 3.63) is 41.5 Å². The summed E-state index contributed by atoms with van der Waals surface area (Å²) >= 11 is 1.45. The second-order valence-electron chi connectivity index (χ2n) is 3.95. The Bertz CT molecular complexity index is 711. The highest BCUT2D eigenvalue weighted by molar-refractivity contribution is 7.99. The zero-order valence-corrected chi connectivity index (χ0v) is 11.7. The highest BCUT2D eigenvalue weighted by Gasteiger charge is 2.19. The molecule has 0 aliphatic carbocycles. The number of thioether (sulfide) groups is 1. The number of nitriles is 2. The van der Waals surface area contributed by atoms with Gasteiger partial charge in [0.15, 0.2) is 0 Å². The van der Waals surface area contributed by atoms with Crippen molar-refractivity contribution in [1.29, 1.82) is 10.5 Å². The van der Waals surface area contributed by atoms with E-state index in [4.69, 9.17) is 5.73 Å². The summed E-state index contributed by atoms with van der Waals surface area (Å²) in [5, 5.41) is 19.3. The van der Waals surface area contributed by atoms with Crippen LogP contribution in [0.15, 0.2) is 35.4 Å². The predicted molar refractivity (Wildman–Crippen MR) is 79.9 cm³/mol. The molecule has 2 aromatic rings. The van der Waals surface area contributed by atoms with Crippen molar-refractivity contribution >= 4 is 17.6 Å². The fourth-order valence-electron chi connectivity index (χ4n) is 1.93. The van der Waals surface area contributed by atoms with E-state index in [9.17, 15) is 10.5 Å². The first kappa shape index (κ1) is 13.9. The summed E-state index contributed by atoms with van der Waals surface area (Å²) in [6, 6.07) is 13.5. The van der Waals surface area contributed by atoms with Crippen LogP contribution in [0.4, 0.5) is 5.82 Å². The van der Waals surface area contributed by atoms with Crippen molar-refractivity contribution < 1.29 is 0 Å². The van der Waals surface area contributed by atoms with Gasteiger partial charge in [-0.25, -0.2) is 4.98 Å². The molecule has 1 aromatic heterocycles. The quantitative estimate of drug-likeness (QED) is 0.872. The Labute approximate surface area is 121 Å². The lowest BCUT2D eigenvalue weighted by atomic mass is 9.97. The number of rotatable bonds is 3. The molecule has 0 radical (unpaired) electrons. The molecule has 98 valence electrons. The second kappa shape index (κ2) is 6.10. The summed E-state index contributed by atoms with van der Waals surface area (Å²) in [6.45, 7) is 1.98. The van der Waals surface area contributed by atoms with E-state index in [-0.39, 0.29) is 11.4 Å². The van der Waals surface area contributed by atoms with Crippen LogP contribution < -0.4 is 5.73 Å². The molecule has 0 bridgehead atoms. The van der Waals surface area contributed by atoms with E-state index in [0.717, 1.165) is 11.3 Å². The third-order valence-electron chi connectivity index (χ3n) is 2.76. The minimum absolute atomic E-state index is 0.168. The van der Waals surface area contributed by atoms with E-state index in [2.05, 4.69) is 17.1 Å². The summed E-state index contributed by atoms with van der Waals surface area (Å²) in [4.78, 5) is 4.19. The predicted octanol–water partition coefficient (Wildman–Crippen LogP) is 3.19. The number of benzene rings is 1. The number of aromatic nitrogens is 1. The molecule has 0 aliphatic heterocycles. The van der Waals surface area contributed by atoms with Gasteiger partial charge in [0, 0.05) is 5.56 Å². The molecule has 5 heteroatoms. The van der Waals surface area contributed by atoms with Crippen LogP contribution in [0.3, 0.4) is 0 Å². The van der Waals surface area contributed by atoms with Crippen molar-refractivity contribution in [2.75, 3.05) is 11.5 Å². The van der Waals surface area contributed by atoms with Gasteiger partial charge in [-0.15, -0.1) is 11.8 Å². The fourth-order valence-corrected chi connectivity index (χ4v) is 2.66. The summed E-state index contributed by atoms with van der Waals surface area (Å²) < 4.78 is 0. The minimum atomic E-state index is 0.168. The van der Waals surface area contributed by atoms with Crippen LogP contribution >= 0.6 is 11.8 Å². The lowest BCUT2D eigenvalue weighted by molar-refractivity contribution is 1.11. The normalized spacial score (nSPS) is 9.75. The highest BCUT2D eigenvalue weighted by atomic mass is 32.2.